The molecule has 0 aliphatic carbocycles. The normalized spacial score (nSPS) is 13.3. The van der Waals surface area contributed by atoms with E-state index >= 15 is 0 Å². The quantitative estimate of drug-likeness (QED) is 0.0908. The smallest absolute Gasteiger partial charge is 0.184 e. The van der Waals surface area contributed by atoms with Gasteiger partial charge in [0.1, 0.15) is 11.5 Å². The lowest BCUT2D eigenvalue weighted by Crippen LogP contribution is -2.78. The molecule has 0 spiro atoms. The van der Waals surface area contributed by atoms with Crippen molar-refractivity contribution in [3.8, 4) is 0 Å². The molecule has 0 saturated heterocycles. The van der Waals surface area contributed by atoms with E-state index in [9.17, 15) is 0 Å². The fraction of sp³-hybridized carbons (Fsp3) is 0. The van der Waals surface area contributed by atoms with Crippen LogP contribution in [0.1, 0.15) is 0 Å². The number of benzene rings is 9. The minimum atomic E-state index is -3.17. The summed E-state index contributed by atoms with van der Waals surface area (Å²) >= 11 is 1.89. The topological polar surface area (TPSA) is 33.4 Å². The van der Waals surface area contributed by atoms with Gasteiger partial charge in [-0.1, -0.05) is 194 Å². The van der Waals surface area contributed by atoms with Crippen LogP contribution in [-0.2, 0) is 0 Å². The van der Waals surface area contributed by atoms with Crippen molar-refractivity contribution in [2.75, 3.05) is 4.90 Å². The molecule has 9 aromatic carbocycles. The predicted molar refractivity (Wildman–Crippen MR) is 296 cm³/mol. The third kappa shape index (κ3) is 5.79. The molecule has 13 aromatic rings. The lowest BCUT2D eigenvalue weighted by Gasteiger charge is -2.45. The van der Waals surface area contributed by atoms with Crippen molar-refractivity contribution in [2.45, 2.75) is 0 Å². The molecule has 69 heavy (non-hydrogen) atoms. The van der Waals surface area contributed by atoms with E-state index in [-0.39, 0.29) is 0 Å². The maximum atomic E-state index is 5.22. The first-order chi connectivity index (χ1) is 34.2. The minimum absolute atomic E-state index is 0.894. The second kappa shape index (κ2) is 15.7. The van der Waals surface area contributed by atoms with Gasteiger partial charge in [-0.15, -0.1) is 11.3 Å². The molecule has 0 unspecified atom stereocenters. The number of fused-ring (bicyclic) bond motifs is 11. The highest BCUT2D eigenvalue weighted by Crippen LogP contribution is 2.42. The van der Waals surface area contributed by atoms with Crippen LogP contribution < -0.4 is 46.4 Å². The Morgan fingerprint density at radius 3 is 1.71 bits per heavy atom. The molecule has 0 atom stereocenters. The molecule has 1 aliphatic rings. The second-order valence-corrected chi connectivity index (χ2v) is 26.7. The zero-order valence-electron chi connectivity index (χ0n) is 37.4. The van der Waals surface area contributed by atoms with Crippen molar-refractivity contribution < 1.29 is 0 Å². The van der Waals surface area contributed by atoms with Crippen LogP contribution in [0.4, 0.5) is 17.2 Å². The van der Waals surface area contributed by atoms with Gasteiger partial charge in [-0.25, -0.2) is 9.97 Å². The number of thiophene rings is 1. The van der Waals surface area contributed by atoms with Gasteiger partial charge in [0, 0.05) is 60.9 Å². The van der Waals surface area contributed by atoms with Gasteiger partial charge in [-0.3, -0.25) is 9.30 Å². The third-order valence-electron chi connectivity index (χ3n) is 14.7. The van der Waals surface area contributed by atoms with E-state index in [1.54, 1.807) is 0 Å². The number of para-hydroxylation sites is 1. The molecular weight excluding hydrogens is 889 g/mol. The second-order valence-electron chi connectivity index (χ2n) is 18.1. The largest absolute Gasteiger partial charge is 0.299 e. The summed E-state index contributed by atoms with van der Waals surface area (Å²) in [4.78, 5) is 12.8. The number of imidazole rings is 1. The molecule has 0 radical (unpaired) electrons. The highest BCUT2D eigenvalue weighted by Gasteiger charge is 2.51. The van der Waals surface area contributed by atoms with Crippen molar-refractivity contribution in [3.63, 3.8) is 0 Å². The van der Waals surface area contributed by atoms with Gasteiger partial charge in [-0.05, 0) is 89.3 Å². The number of aromatic nitrogens is 3. The molecule has 0 N–H and O–H groups in total. The predicted octanol–water partition coefficient (Wildman–Crippen LogP) is 9.94. The van der Waals surface area contributed by atoms with E-state index in [0.717, 1.165) is 22.4 Å². The van der Waals surface area contributed by atoms with Crippen molar-refractivity contribution in [1.29, 1.82) is 0 Å². The van der Waals surface area contributed by atoms with E-state index < -0.39 is 16.1 Å². The number of nitrogens with zero attached hydrogens (tertiary/aromatic N) is 4. The van der Waals surface area contributed by atoms with Crippen LogP contribution in [0.25, 0.3) is 47.5 Å². The molecule has 5 heterocycles. The van der Waals surface area contributed by atoms with Crippen LogP contribution in [0.15, 0.2) is 255 Å². The molecule has 324 valence electrons. The van der Waals surface area contributed by atoms with Crippen molar-refractivity contribution in [2.24, 2.45) is 0 Å². The number of anilines is 3. The van der Waals surface area contributed by atoms with Gasteiger partial charge in [0.05, 0.1) is 5.52 Å². The first-order valence-electron chi connectivity index (χ1n) is 23.5. The van der Waals surface area contributed by atoms with Gasteiger partial charge in [-0.2, -0.15) is 0 Å². The van der Waals surface area contributed by atoms with Crippen LogP contribution in [0.2, 0.25) is 0 Å². The van der Waals surface area contributed by atoms with Crippen LogP contribution in [-0.4, -0.2) is 30.5 Å². The summed E-state index contributed by atoms with van der Waals surface area (Å²) in [6.07, 6.45) is 5.97. The summed E-state index contributed by atoms with van der Waals surface area (Å²) in [7, 11) is -6.25. The Bertz CT molecular complexity index is 4010. The Labute approximate surface area is 405 Å². The fourth-order valence-electron chi connectivity index (χ4n) is 11.9. The molecule has 14 rings (SSSR count). The highest BCUT2D eigenvalue weighted by molar-refractivity contribution is 7.27. The maximum Gasteiger partial charge on any atom is 0.184 e. The Kier molecular flexibility index (Phi) is 9.07. The standard InChI is InChI=1S/C62H42N4SSi2/c1-5-19-43(20-6-1)68(44-21-7-2-8-22-44,47-32-34-49-50-27-13-15-29-54(50)65-38-37-64-62(65)53(49)39-47)48-33-35-59-55(40-48)66(61-31-17-18-36-63-61)56-41-52-51-28-14-16-30-57(51)67-58(52)42-60(56)69(59,45-23-9-3-10-24-45)46-25-11-4-12-26-46/h1-42H. The van der Waals surface area contributed by atoms with Crippen molar-refractivity contribution >= 4 is 134 Å². The lowest BCUT2D eigenvalue weighted by molar-refractivity contribution is 1.19. The average Bonchev–Trinajstić information content (AvgIpc) is 4.07. The van der Waals surface area contributed by atoms with Gasteiger partial charge in [0.25, 0.3) is 0 Å². The van der Waals surface area contributed by atoms with Crippen molar-refractivity contribution in [1.82, 2.24) is 14.4 Å². The monoisotopic (exact) mass is 930 g/mol. The Morgan fingerprint density at radius 2 is 1.00 bits per heavy atom. The first kappa shape index (κ1) is 39.9. The molecule has 0 saturated carbocycles. The van der Waals surface area contributed by atoms with E-state index in [4.69, 9.17) is 9.97 Å². The van der Waals surface area contributed by atoms with Crippen LogP contribution in [0, 0.1) is 0 Å². The van der Waals surface area contributed by atoms with Gasteiger partial charge in [0.15, 0.2) is 16.1 Å². The van der Waals surface area contributed by atoms with E-state index in [2.05, 4.69) is 246 Å². The highest BCUT2D eigenvalue weighted by atomic mass is 32.1. The Balaban J connectivity index is 1.15. The zero-order chi connectivity index (χ0) is 45.5. The Morgan fingerprint density at radius 1 is 0.391 bits per heavy atom. The molecule has 0 fully saturated rings. The summed E-state index contributed by atoms with van der Waals surface area (Å²) in [5, 5.41) is 16.8. The van der Waals surface area contributed by atoms with E-state index in [0.29, 0.717) is 0 Å². The molecule has 7 heteroatoms. The number of hydrogen-bond donors (Lipinski definition) is 0. The van der Waals surface area contributed by atoms with Crippen LogP contribution in [0.5, 0.6) is 0 Å². The van der Waals surface area contributed by atoms with Gasteiger partial charge >= 0.3 is 0 Å². The van der Waals surface area contributed by atoms with E-state index in [1.807, 2.05) is 29.8 Å². The molecular formula is C62H42N4SSi2. The van der Waals surface area contributed by atoms with E-state index in [1.165, 1.54) is 83.8 Å². The van der Waals surface area contributed by atoms with Crippen LogP contribution >= 0.6 is 11.3 Å². The minimum Gasteiger partial charge on any atom is -0.299 e. The Hall–Kier alpha value is -8.21. The number of pyridine rings is 2. The lowest BCUT2D eigenvalue weighted by atomic mass is 10.1. The SMILES string of the molecule is c1ccc([Si](c2ccccc2)(c2ccc3c(c2)N(c2ccccn2)c2cc4c(cc2[Si]3(c2ccccc2)c2ccccc2)sc2ccccc24)c2ccc3c4ccccc4n4ccnc4c3c2)cc1. The molecule has 4 nitrogen and oxygen atoms in total. The van der Waals surface area contributed by atoms with Crippen LogP contribution in [0.3, 0.4) is 0 Å². The maximum absolute atomic E-state index is 5.22. The number of hydrogen-bond acceptors (Lipinski definition) is 4. The summed E-state index contributed by atoms with van der Waals surface area (Å²) in [6.45, 7) is 0. The summed E-state index contributed by atoms with van der Waals surface area (Å²) in [6, 6.07) is 89.2. The zero-order valence-corrected chi connectivity index (χ0v) is 40.3. The number of rotatable bonds is 7. The molecule has 1 aliphatic heterocycles. The molecule has 0 amide bonds. The third-order valence-corrected chi connectivity index (χ3v) is 25.4. The van der Waals surface area contributed by atoms with Gasteiger partial charge < -0.3 is 0 Å². The molecule has 4 aromatic heterocycles. The summed E-state index contributed by atoms with van der Waals surface area (Å²) in [5.74, 6) is 0.894. The van der Waals surface area contributed by atoms with Crippen molar-refractivity contribution in [3.05, 3.63) is 255 Å². The summed E-state index contributed by atoms with van der Waals surface area (Å²) < 4.78 is 4.85. The summed E-state index contributed by atoms with van der Waals surface area (Å²) in [5.41, 5.74) is 4.47. The average molecular weight is 931 g/mol. The first-order valence-corrected chi connectivity index (χ1v) is 28.4. The fourth-order valence-corrected chi connectivity index (χ4v) is 22.9. The van der Waals surface area contributed by atoms with Gasteiger partial charge in [0.2, 0.25) is 0 Å². The molecule has 0 bridgehead atoms.